The number of nitrogens with one attached hydrogen (secondary N) is 1. The Morgan fingerprint density at radius 2 is 1.68 bits per heavy atom. The molecule has 4 aromatic carbocycles. The van der Waals surface area contributed by atoms with Crippen LogP contribution in [0.1, 0.15) is 23.6 Å². The molecule has 0 saturated carbocycles. The van der Waals surface area contributed by atoms with E-state index in [-0.39, 0.29) is 5.57 Å². The third-order valence-corrected chi connectivity index (χ3v) is 7.26. The Bertz CT molecular complexity index is 1580. The van der Waals surface area contributed by atoms with Gasteiger partial charge in [-0.1, -0.05) is 57.9 Å². The van der Waals surface area contributed by atoms with E-state index < -0.39 is 5.91 Å². The van der Waals surface area contributed by atoms with Crippen molar-refractivity contribution in [1.29, 1.82) is 5.26 Å². The first-order valence-corrected chi connectivity index (χ1v) is 14.6. The van der Waals surface area contributed by atoms with E-state index in [1.807, 2.05) is 61.5 Å². The Balaban J connectivity index is 1.44. The maximum Gasteiger partial charge on any atom is 0.266 e. The molecule has 0 spiro atoms. The molecule has 0 aliphatic heterocycles. The molecule has 0 aliphatic rings. The van der Waals surface area contributed by atoms with E-state index in [0.717, 1.165) is 15.6 Å². The number of ether oxygens (including phenoxy) is 3. The molecule has 41 heavy (non-hydrogen) atoms. The summed E-state index contributed by atoms with van der Waals surface area (Å²) in [4.78, 5) is 12.9. The van der Waals surface area contributed by atoms with Gasteiger partial charge in [-0.2, -0.15) is 5.26 Å². The third kappa shape index (κ3) is 8.61. The first-order chi connectivity index (χ1) is 19.9. The summed E-state index contributed by atoms with van der Waals surface area (Å²) in [6.07, 6.45) is 1.50. The lowest BCUT2D eigenvalue weighted by atomic mass is 10.1. The van der Waals surface area contributed by atoms with Gasteiger partial charge in [-0.15, -0.1) is 0 Å². The summed E-state index contributed by atoms with van der Waals surface area (Å²) in [6, 6.07) is 27.7. The number of carbonyl (C=O) groups excluding carboxylic acids is 1. The first kappa shape index (κ1) is 30.2. The molecular weight excluding hydrogens is 672 g/mol. The molecule has 0 radical (unpaired) electrons. The molecule has 1 amide bonds. The van der Waals surface area contributed by atoms with Gasteiger partial charge in [0.15, 0.2) is 11.5 Å². The van der Waals surface area contributed by atoms with Crippen molar-refractivity contribution in [2.45, 2.75) is 20.1 Å². The molecule has 9 heteroatoms. The van der Waals surface area contributed by atoms with Gasteiger partial charge < -0.3 is 19.5 Å². The number of rotatable bonds is 11. The number of carbonyl (C=O) groups is 1. The molecule has 0 heterocycles. The number of hydrogen-bond acceptors (Lipinski definition) is 5. The van der Waals surface area contributed by atoms with Crippen LogP contribution >= 0.6 is 43.5 Å². The van der Waals surface area contributed by atoms with Crippen molar-refractivity contribution in [3.63, 3.8) is 0 Å². The second-order valence-electron chi connectivity index (χ2n) is 8.71. The van der Waals surface area contributed by atoms with Gasteiger partial charge in [-0.05, 0) is 94.7 Å². The molecule has 0 atom stereocenters. The Labute approximate surface area is 260 Å². The van der Waals surface area contributed by atoms with E-state index in [2.05, 4.69) is 37.2 Å². The number of anilines is 1. The highest BCUT2D eigenvalue weighted by Crippen LogP contribution is 2.38. The number of halogens is 3. The Morgan fingerprint density at radius 1 is 0.951 bits per heavy atom. The molecule has 0 bridgehead atoms. The van der Waals surface area contributed by atoms with Gasteiger partial charge >= 0.3 is 0 Å². The quantitative estimate of drug-likeness (QED) is 0.125. The van der Waals surface area contributed by atoms with Gasteiger partial charge in [0, 0.05) is 20.7 Å². The van der Waals surface area contributed by atoms with E-state index in [4.69, 9.17) is 25.8 Å². The minimum atomic E-state index is -0.540. The van der Waals surface area contributed by atoms with Crippen LogP contribution in [0, 0.1) is 11.3 Å². The molecule has 208 valence electrons. The Morgan fingerprint density at radius 3 is 2.37 bits per heavy atom. The third-order valence-electron chi connectivity index (χ3n) is 5.77. The number of hydrogen-bond donors (Lipinski definition) is 1. The zero-order valence-corrected chi connectivity index (χ0v) is 25.9. The maximum absolute atomic E-state index is 12.9. The lowest BCUT2D eigenvalue weighted by Crippen LogP contribution is -2.13. The van der Waals surface area contributed by atoms with Gasteiger partial charge in [0.1, 0.15) is 30.6 Å². The summed E-state index contributed by atoms with van der Waals surface area (Å²) in [6.45, 7) is 2.95. The monoisotopic (exact) mass is 694 g/mol. The first-order valence-electron chi connectivity index (χ1n) is 12.6. The van der Waals surface area contributed by atoms with Crippen LogP contribution in [0.5, 0.6) is 17.2 Å². The summed E-state index contributed by atoms with van der Waals surface area (Å²) in [5.74, 6) is 1.11. The van der Waals surface area contributed by atoms with Crippen molar-refractivity contribution in [3.8, 4) is 23.3 Å². The van der Waals surface area contributed by atoms with Gasteiger partial charge in [0.05, 0.1) is 11.1 Å². The van der Waals surface area contributed by atoms with Crippen LogP contribution < -0.4 is 19.5 Å². The van der Waals surface area contributed by atoms with Crippen LogP contribution in [0.15, 0.2) is 99.4 Å². The van der Waals surface area contributed by atoms with Gasteiger partial charge in [0.2, 0.25) is 0 Å². The lowest BCUT2D eigenvalue weighted by molar-refractivity contribution is -0.112. The normalized spacial score (nSPS) is 11.0. The Hall–Kier alpha value is -3.77. The summed E-state index contributed by atoms with van der Waals surface area (Å²) in [5.41, 5.74) is 2.93. The smallest absolute Gasteiger partial charge is 0.266 e. The van der Waals surface area contributed by atoms with Crippen LogP contribution in [0.2, 0.25) is 5.02 Å². The average Bonchev–Trinajstić information content (AvgIpc) is 2.97. The van der Waals surface area contributed by atoms with Crippen LogP contribution in [0.4, 0.5) is 5.69 Å². The zero-order chi connectivity index (χ0) is 29.2. The van der Waals surface area contributed by atoms with E-state index in [0.29, 0.717) is 57.8 Å². The minimum absolute atomic E-state index is 0.0677. The summed E-state index contributed by atoms with van der Waals surface area (Å²) in [7, 11) is 0. The highest BCUT2D eigenvalue weighted by molar-refractivity contribution is 9.10. The SMILES string of the molecule is CCOc1cc(/C=C(\C#N)C(=O)Nc2ccc(OCc3ccccc3Cl)cc2)cc(Br)c1OCc1ccc(Br)cc1. The van der Waals surface area contributed by atoms with E-state index >= 15 is 0 Å². The van der Waals surface area contributed by atoms with Crippen LogP contribution in [-0.2, 0) is 18.0 Å². The second kappa shape index (κ2) is 14.7. The standard InChI is InChI=1S/C32H25Br2ClN2O4/c1-2-39-30-17-22(16-28(34)31(30)41-19-21-7-9-25(33)10-8-21)15-24(18-36)32(38)37-26-11-13-27(14-12-26)40-20-23-5-3-4-6-29(23)35/h3-17H,2,19-20H2,1H3,(H,37,38)/b24-15+. The highest BCUT2D eigenvalue weighted by Gasteiger charge is 2.15. The summed E-state index contributed by atoms with van der Waals surface area (Å²) >= 11 is 13.2. The number of benzene rings is 4. The molecule has 4 aromatic rings. The van der Waals surface area contributed by atoms with Gasteiger partial charge in [-0.3, -0.25) is 4.79 Å². The highest BCUT2D eigenvalue weighted by atomic mass is 79.9. The molecule has 0 unspecified atom stereocenters. The molecule has 1 N–H and O–H groups in total. The van der Waals surface area contributed by atoms with E-state index in [9.17, 15) is 10.1 Å². The molecular formula is C32H25Br2ClN2O4. The van der Waals surface area contributed by atoms with Crippen molar-refractivity contribution in [1.82, 2.24) is 0 Å². The number of nitriles is 1. The molecule has 0 aliphatic carbocycles. The molecule has 6 nitrogen and oxygen atoms in total. The molecule has 0 saturated heterocycles. The molecule has 0 aromatic heterocycles. The van der Waals surface area contributed by atoms with Crippen LogP contribution in [0.25, 0.3) is 6.08 Å². The van der Waals surface area contributed by atoms with Crippen molar-refractivity contribution < 1.29 is 19.0 Å². The zero-order valence-electron chi connectivity index (χ0n) is 22.0. The van der Waals surface area contributed by atoms with Crippen molar-refractivity contribution in [2.75, 3.05) is 11.9 Å². The van der Waals surface area contributed by atoms with Gasteiger partial charge in [0.25, 0.3) is 5.91 Å². The van der Waals surface area contributed by atoms with Crippen LogP contribution in [-0.4, -0.2) is 12.5 Å². The predicted molar refractivity (Wildman–Crippen MR) is 168 cm³/mol. The minimum Gasteiger partial charge on any atom is -0.490 e. The topological polar surface area (TPSA) is 80.6 Å². The summed E-state index contributed by atoms with van der Waals surface area (Å²) in [5, 5.41) is 13.1. The maximum atomic E-state index is 12.9. The number of amides is 1. The average molecular weight is 697 g/mol. The Kier molecular flexibility index (Phi) is 10.9. The van der Waals surface area contributed by atoms with E-state index in [1.54, 1.807) is 36.4 Å². The predicted octanol–water partition coefficient (Wildman–Crippen LogP) is 8.97. The fourth-order valence-corrected chi connectivity index (χ4v) is 4.76. The molecule has 0 fully saturated rings. The fraction of sp³-hybridized carbons (Fsp3) is 0.125. The lowest BCUT2D eigenvalue weighted by Gasteiger charge is -2.15. The number of nitrogens with zero attached hydrogens (tertiary/aromatic N) is 1. The van der Waals surface area contributed by atoms with Crippen LogP contribution in [0.3, 0.4) is 0 Å². The fourth-order valence-electron chi connectivity index (χ4n) is 3.74. The van der Waals surface area contributed by atoms with Gasteiger partial charge in [-0.25, -0.2) is 0 Å². The summed E-state index contributed by atoms with van der Waals surface area (Å²) < 4.78 is 19.3. The second-order valence-corrected chi connectivity index (χ2v) is 10.9. The molecule has 4 rings (SSSR count). The van der Waals surface area contributed by atoms with Crippen molar-refractivity contribution in [2.24, 2.45) is 0 Å². The van der Waals surface area contributed by atoms with E-state index in [1.165, 1.54) is 6.08 Å². The largest absolute Gasteiger partial charge is 0.490 e. The van der Waals surface area contributed by atoms with Crippen molar-refractivity contribution >= 4 is 61.1 Å². The van der Waals surface area contributed by atoms with Crippen molar-refractivity contribution in [3.05, 3.63) is 121 Å².